The number of aldehydes is 1. The lowest BCUT2D eigenvalue weighted by molar-refractivity contribution is -0.108. The maximum absolute atomic E-state index is 9.75. The van der Waals surface area contributed by atoms with Crippen LogP contribution in [0, 0.1) is 18.3 Å². The van der Waals surface area contributed by atoms with E-state index in [1.807, 2.05) is 0 Å². The summed E-state index contributed by atoms with van der Waals surface area (Å²) in [6, 6.07) is 0. The number of hydrogen-bond donors (Lipinski definition) is 0. The first-order chi connectivity index (χ1) is 3.35. The third kappa shape index (κ3) is 1.77. The lowest BCUT2D eigenvalue weighted by Gasteiger charge is -1.83. The summed E-state index contributed by atoms with van der Waals surface area (Å²) in [7, 11) is 0. The second kappa shape index (κ2) is 3.17. The van der Waals surface area contributed by atoms with Crippen LogP contribution in [0.5, 0.6) is 0 Å². The van der Waals surface area contributed by atoms with Crippen LogP contribution in [0.15, 0.2) is 12.7 Å². The molecule has 36 valence electrons. The summed E-state index contributed by atoms with van der Waals surface area (Å²) < 4.78 is 0. The van der Waals surface area contributed by atoms with Gasteiger partial charge in [-0.1, -0.05) is 12.0 Å². The van der Waals surface area contributed by atoms with Crippen molar-refractivity contribution in [3.63, 3.8) is 0 Å². The average Bonchev–Trinajstić information content (AvgIpc) is 1.72. The Labute approximate surface area is 43.0 Å². The summed E-state index contributed by atoms with van der Waals surface area (Å²) in [4.78, 5) is 9.75. The molecular weight excluding hydrogens is 88.1 g/mol. The minimum Gasteiger partial charge on any atom is -0.302 e. The van der Waals surface area contributed by atoms with Crippen LogP contribution in [-0.4, -0.2) is 6.29 Å². The molecule has 7 heavy (non-hydrogen) atoms. The summed E-state index contributed by atoms with van der Waals surface area (Å²) >= 11 is 0. The number of allylic oxidation sites excluding steroid dienone is 1. The standard InChI is InChI=1S/C6H6O/c1-3-6(4-2)5-7/h1,4-6H,2H2. The molecule has 0 heterocycles. The maximum atomic E-state index is 9.75. The Morgan fingerprint density at radius 2 is 2.43 bits per heavy atom. The molecule has 0 N–H and O–H groups in total. The summed E-state index contributed by atoms with van der Waals surface area (Å²) in [5.74, 6) is 1.81. The molecule has 1 unspecified atom stereocenters. The predicted molar refractivity (Wildman–Crippen MR) is 28.6 cm³/mol. The van der Waals surface area contributed by atoms with Crippen molar-refractivity contribution in [3.05, 3.63) is 12.7 Å². The second-order valence-electron chi connectivity index (χ2n) is 1.06. The van der Waals surface area contributed by atoms with Crippen LogP contribution in [0.4, 0.5) is 0 Å². The van der Waals surface area contributed by atoms with Gasteiger partial charge in [0.25, 0.3) is 0 Å². The van der Waals surface area contributed by atoms with E-state index in [0.29, 0.717) is 6.29 Å². The Morgan fingerprint density at radius 3 is 2.43 bits per heavy atom. The van der Waals surface area contributed by atoms with Gasteiger partial charge in [0.05, 0.1) is 5.92 Å². The molecule has 0 fully saturated rings. The minimum absolute atomic E-state index is 0.403. The van der Waals surface area contributed by atoms with Crippen molar-refractivity contribution in [2.45, 2.75) is 0 Å². The molecule has 1 atom stereocenters. The van der Waals surface area contributed by atoms with E-state index in [9.17, 15) is 4.79 Å². The highest BCUT2D eigenvalue weighted by Gasteiger charge is 1.89. The van der Waals surface area contributed by atoms with Crippen LogP contribution in [0.3, 0.4) is 0 Å². The molecule has 1 heteroatoms. The molecule has 0 aromatic heterocycles. The first-order valence-electron chi connectivity index (χ1n) is 1.89. The smallest absolute Gasteiger partial charge is 0.138 e. The van der Waals surface area contributed by atoms with E-state index in [2.05, 4.69) is 12.5 Å². The van der Waals surface area contributed by atoms with Gasteiger partial charge in [0, 0.05) is 0 Å². The van der Waals surface area contributed by atoms with E-state index in [-0.39, 0.29) is 0 Å². The van der Waals surface area contributed by atoms with Gasteiger partial charge in [-0.3, -0.25) is 0 Å². The zero-order chi connectivity index (χ0) is 5.70. The molecule has 0 aromatic carbocycles. The number of hydrogen-bond acceptors (Lipinski definition) is 1. The van der Waals surface area contributed by atoms with Crippen LogP contribution >= 0.6 is 0 Å². The maximum Gasteiger partial charge on any atom is 0.138 e. The van der Waals surface area contributed by atoms with Gasteiger partial charge in [0.2, 0.25) is 0 Å². The Balaban J connectivity index is 3.65. The van der Waals surface area contributed by atoms with Crippen molar-refractivity contribution in [3.8, 4) is 12.3 Å². The number of carbonyl (C=O) groups excluding carboxylic acids is 1. The fraction of sp³-hybridized carbons (Fsp3) is 0.167. The van der Waals surface area contributed by atoms with Crippen molar-refractivity contribution in [1.29, 1.82) is 0 Å². The second-order valence-corrected chi connectivity index (χ2v) is 1.06. The van der Waals surface area contributed by atoms with Crippen LogP contribution in [0.25, 0.3) is 0 Å². The first-order valence-corrected chi connectivity index (χ1v) is 1.89. The Bertz CT molecular complexity index is 99.8. The van der Waals surface area contributed by atoms with Gasteiger partial charge in [-0.15, -0.1) is 13.0 Å². The van der Waals surface area contributed by atoms with E-state index in [1.54, 1.807) is 0 Å². The number of rotatable bonds is 2. The molecule has 0 aliphatic rings. The van der Waals surface area contributed by atoms with Gasteiger partial charge >= 0.3 is 0 Å². The van der Waals surface area contributed by atoms with Gasteiger partial charge in [-0.25, -0.2) is 0 Å². The topological polar surface area (TPSA) is 17.1 Å². The van der Waals surface area contributed by atoms with Crippen LogP contribution < -0.4 is 0 Å². The number of carbonyl (C=O) groups is 1. The SMILES string of the molecule is C#CC(C=C)C=O. The molecule has 0 aliphatic carbocycles. The van der Waals surface area contributed by atoms with E-state index in [4.69, 9.17) is 6.42 Å². The molecule has 0 bridgehead atoms. The summed E-state index contributed by atoms with van der Waals surface area (Å²) in [6.45, 7) is 3.33. The molecule has 0 spiro atoms. The highest BCUT2D eigenvalue weighted by atomic mass is 16.1. The quantitative estimate of drug-likeness (QED) is 0.278. The molecule has 0 saturated heterocycles. The molecule has 0 aliphatic heterocycles. The monoisotopic (exact) mass is 94.0 g/mol. The van der Waals surface area contributed by atoms with Crippen molar-refractivity contribution in [2.75, 3.05) is 0 Å². The molecule has 0 saturated carbocycles. The number of terminal acetylenes is 1. The molecule has 0 aromatic rings. The van der Waals surface area contributed by atoms with Gasteiger partial charge < -0.3 is 4.79 Å². The summed E-state index contributed by atoms with van der Waals surface area (Å²) in [5.41, 5.74) is 0. The Morgan fingerprint density at radius 1 is 1.86 bits per heavy atom. The fourth-order valence-corrected chi connectivity index (χ4v) is 0.163. The third-order valence-electron chi connectivity index (χ3n) is 0.593. The lowest BCUT2D eigenvalue weighted by atomic mass is 10.2. The van der Waals surface area contributed by atoms with E-state index in [1.165, 1.54) is 6.08 Å². The largest absolute Gasteiger partial charge is 0.302 e. The zero-order valence-corrected chi connectivity index (χ0v) is 3.92. The third-order valence-corrected chi connectivity index (χ3v) is 0.593. The van der Waals surface area contributed by atoms with Crippen molar-refractivity contribution in [1.82, 2.24) is 0 Å². The van der Waals surface area contributed by atoms with E-state index >= 15 is 0 Å². The molecular formula is C6H6O. The van der Waals surface area contributed by atoms with E-state index in [0.717, 1.165) is 0 Å². The van der Waals surface area contributed by atoms with Crippen molar-refractivity contribution in [2.24, 2.45) is 5.92 Å². The van der Waals surface area contributed by atoms with Gasteiger partial charge in [0.15, 0.2) is 0 Å². The Kier molecular flexibility index (Phi) is 2.70. The summed E-state index contributed by atoms with van der Waals surface area (Å²) in [6.07, 6.45) is 6.94. The highest BCUT2D eigenvalue weighted by molar-refractivity contribution is 5.60. The normalized spacial score (nSPS) is 11.3. The zero-order valence-electron chi connectivity index (χ0n) is 3.92. The van der Waals surface area contributed by atoms with Crippen molar-refractivity contribution < 1.29 is 4.79 Å². The van der Waals surface area contributed by atoms with E-state index < -0.39 is 5.92 Å². The minimum atomic E-state index is -0.403. The van der Waals surface area contributed by atoms with Crippen LogP contribution in [0.1, 0.15) is 0 Å². The van der Waals surface area contributed by atoms with Crippen LogP contribution in [0.2, 0.25) is 0 Å². The Hall–Kier alpha value is -1.03. The first kappa shape index (κ1) is 5.97. The average molecular weight is 94.1 g/mol. The van der Waals surface area contributed by atoms with Gasteiger partial charge in [-0.2, -0.15) is 0 Å². The highest BCUT2D eigenvalue weighted by Crippen LogP contribution is 1.85. The van der Waals surface area contributed by atoms with Gasteiger partial charge in [0.1, 0.15) is 6.29 Å². The molecule has 0 rings (SSSR count). The van der Waals surface area contributed by atoms with Crippen molar-refractivity contribution >= 4 is 6.29 Å². The molecule has 1 nitrogen and oxygen atoms in total. The fourth-order valence-electron chi connectivity index (χ4n) is 0.163. The predicted octanol–water partition coefficient (Wildman–Crippen LogP) is 0.621. The lowest BCUT2D eigenvalue weighted by Crippen LogP contribution is -1.89. The van der Waals surface area contributed by atoms with Gasteiger partial charge in [-0.05, 0) is 0 Å². The molecule has 0 amide bonds. The molecule has 0 radical (unpaired) electrons. The van der Waals surface area contributed by atoms with Crippen LogP contribution in [-0.2, 0) is 4.79 Å². The summed E-state index contributed by atoms with van der Waals surface area (Å²) in [5, 5.41) is 0.